The SMILES string of the molecule is COc1cccc(/C=C/C(=O)N(C(C)C)C2CC2)c1OC(F)F. The number of nitrogens with zero attached hydrogens (tertiary/aromatic N) is 1. The monoisotopic (exact) mass is 325 g/mol. The molecule has 0 unspecified atom stereocenters. The lowest BCUT2D eigenvalue weighted by atomic mass is 10.1. The van der Waals surface area contributed by atoms with Crippen LogP contribution in [0.2, 0.25) is 0 Å². The summed E-state index contributed by atoms with van der Waals surface area (Å²) in [6.07, 6.45) is 4.90. The van der Waals surface area contributed by atoms with Gasteiger partial charge in [-0.05, 0) is 38.8 Å². The minimum Gasteiger partial charge on any atom is -0.493 e. The van der Waals surface area contributed by atoms with Gasteiger partial charge >= 0.3 is 6.61 Å². The van der Waals surface area contributed by atoms with Gasteiger partial charge in [0.25, 0.3) is 0 Å². The molecule has 126 valence electrons. The Kier molecular flexibility index (Phi) is 5.58. The number of rotatable bonds is 7. The van der Waals surface area contributed by atoms with Gasteiger partial charge in [-0.25, -0.2) is 0 Å². The summed E-state index contributed by atoms with van der Waals surface area (Å²) in [5, 5.41) is 0. The molecular weight excluding hydrogens is 304 g/mol. The molecule has 1 amide bonds. The average Bonchev–Trinajstić information content (AvgIpc) is 3.30. The highest BCUT2D eigenvalue weighted by atomic mass is 19.3. The van der Waals surface area contributed by atoms with E-state index in [1.807, 2.05) is 18.7 Å². The van der Waals surface area contributed by atoms with Crippen molar-refractivity contribution in [2.24, 2.45) is 0 Å². The number of benzene rings is 1. The van der Waals surface area contributed by atoms with Crippen molar-refractivity contribution < 1.29 is 23.0 Å². The number of amides is 1. The Bertz CT molecular complexity index is 581. The first kappa shape index (κ1) is 17.2. The highest BCUT2D eigenvalue weighted by Gasteiger charge is 2.33. The number of carbonyl (C=O) groups excluding carboxylic acids is 1. The van der Waals surface area contributed by atoms with Crippen molar-refractivity contribution in [3.8, 4) is 11.5 Å². The summed E-state index contributed by atoms with van der Waals surface area (Å²) in [6.45, 7) is 0.954. The van der Waals surface area contributed by atoms with Crippen LogP contribution >= 0.6 is 0 Å². The third-order valence-corrected chi connectivity index (χ3v) is 3.59. The normalized spacial score (nSPS) is 14.6. The summed E-state index contributed by atoms with van der Waals surface area (Å²) >= 11 is 0. The third kappa shape index (κ3) is 4.43. The number of para-hydroxylation sites is 1. The molecule has 0 aromatic heterocycles. The van der Waals surface area contributed by atoms with Gasteiger partial charge in [-0.3, -0.25) is 4.79 Å². The molecule has 0 aliphatic heterocycles. The molecule has 4 nitrogen and oxygen atoms in total. The van der Waals surface area contributed by atoms with Crippen LogP contribution in [0, 0.1) is 0 Å². The van der Waals surface area contributed by atoms with E-state index in [9.17, 15) is 13.6 Å². The third-order valence-electron chi connectivity index (χ3n) is 3.59. The van der Waals surface area contributed by atoms with Crippen LogP contribution in [0.4, 0.5) is 8.78 Å². The zero-order valence-electron chi connectivity index (χ0n) is 13.5. The average molecular weight is 325 g/mol. The van der Waals surface area contributed by atoms with Crippen LogP contribution in [0.3, 0.4) is 0 Å². The maximum atomic E-state index is 12.6. The fourth-order valence-corrected chi connectivity index (χ4v) is 2.50. The molecule has 1 saturated carbocycles. The molecule has 0 atom stereocenters. The Morgan fingerprint density at radius 3 is 2.57 bits per heavy atom. The van der Waals surface area contributed by atoms with Crippen molar-refractivity contribution in [3.63, 3.8) is 0 Å². The van der Waals surface area contributed by atoms with Gasteiger partial charge in [0.05, 0.1) is 7.11 Å². The second kappa shape index (κ2) is 7.44. The number of hydrogen-bond acceptors (Lipinski definition) is 3. The van der Waals surface area contributed by atoms with Gasteiger partial charge in [-0.15, -0.1) is 0 Å². The quantitative estimate of drug-likeness (QED) is 0.717. The van der Waals surface area contributed by atoms with Crippen molar-refractivity contribution in [3.05, 3.63) is 29.8 Å². The van der Waals surface area contributed by atoms with E-state index >= 15 is 0 Å². The molecule has 2 rings (SSSR count). The molecule has 6 heteroatoms. The molecule has 1 fully saturated rings. The molecule has 0 radical (unpaired) electrons. The van der Waals surface area contributed by atoms with E-state index in [1.54, 1.807) is 12.1 Å². The van der Waals surface area contributed by atoms with Crippen LogP contribution in [-0.2, 0) is 4.79 Å². The van der Waals surface area contributed by atoms with Gasteiger partial charge in [-0.2, -0.15) is 8.78 Å². The molecule has 0 bridgehead atoms. The molecule has 0 N–H and O–H groups in total. The van der Waals surface area contributed by atoms with Crippen molar-refractivity contribution >= 4 is 12.0 Å². The lowest BCUT2D eigenvalue weighted by Crippen LogP contribution is -2.37. The van der Waals surface area contributed by atoms with E-state index in [-0.39, 0.29) is 29.5 Å². The van der Waals surface area contributed by atoms with E-state index < -0.39 is 6.61 Å². The Balaban J connectivity index is 2.22. The van der Waals surface area contributed by atoms with E-state index in [2.05, 4.69) is 4.74 Å². The molecule has 0 heterocycles. The fraction of sp³-hybridized carbons (Fsp3) is 0.471. The van der Waals surface area contributed by atoms with E-state index in [4.69, 9.17) is 4.74 Å². The van der Waals surface area contributed by atoms with Crippen molar-refractivity contribution in [2.45, 2.75) is 45.4 Å². The lowest BCUT2D eigenvalue weighted by molar-refractivity contribution is -0.128. The summed E-state index contributed by atoms with van der Waals surface area (Å²) < 4.78 is 34.7. The lowest BCUT2D eigenvalue weighted by Gasteiger charge is -2.25. The largest absolute Gasteiger partial charge is 0.493 e. The van der Waals surface area contributed by atoms with Gasteiger partial charge in [0, 0.05) is 23.7 Å². The zero-order valence-corrected chi connectivity index (χ0v) is 13.5. The van der Waals surface area contributed by atoms with Crippen LogP contribution in [0.5, 0.6) is 11.5 Å². The number of carbonyl (C=O) groups is 1. The van der Waals surface area contributed by atoms with Crippen LogP contribution in [0.15, 0.2) is 24.3 Å². The second-order valence-corrected chi connectivity index (χ2v) is 5.66. The first-order valence-corrected chi connectivity index (χ1v) is 7.56. The smallest absolute Gasteiger partial charge is 0.387 e. The highest BCUT2D eigenvalue weighted by Crippen LogP contribution is 2.34. The van der Waals surface area contributed by atoms with E-state index in [1.165, 1.54) is 25.3 Å². The maximum absolute atomic E-state index is 12.6. The van der Waals surface area contributed by atoms with E-state index in [0.717, 1.165) is 12.8 Å². The first-order valence-electron chi connectivity index (χ1n) is 7.56. The van der Waals surface area contributed by atoms with E-state index in [0.29, 0.717) is 5.56 Å². The predicted molar refractivity (Wildman–Crippen MR) is 83.7 cm³/mol. The van der Waals surface area contributed by atoms with Crippen molar-refractivity contribution in [1.82, 2.24) is 4.90 Å². The van der Waals surface area contributed by atoms with Crippen LogP contribution < -0.4 is 9.47 Å². The minimum atomic E-state index is -2.97. The second-order valence-electron chi connectivity index (χ2n) is 5.66. The molecule has 0 saturated heterocycles. The summed E-state index contributed by atoms with van der Waals surface area (Å²) in [5.74, 6) is -0.00677. The fourth-order valence-electron chi connectivity index (χ4n) is 2.50. The van der Waals surface area contributed by atoms with Gasteiger partial charge in [-0.1, -0.05) is 12.1 Å². The number of ether oxygens (including phenoxy) is 2. The number of alkyl halides is 2. The van der Waals surface area contributed by atoms with Gasteiger partial charge in [0.1, 0.15) is 0 Å². The maximum Gasteiger partial charge on any atom is 0.387 e. The van der Waals surface area contributed by atoms with Crippen molar-refractivity contribution in [1.29, 1.82) is 0 Å². The molecule has 1 aromatic carbocycles. The summed E-state index contributed by atoms with van der Waals surface area (Å²) in [7, 11) is 1.37. The molecule has 1 aliphatic rings. The molecule has 0 spiro atoms. The van der Waals surface area contributed by atoms with Crippen molar-refractivity contribution in [2.75, 3.05) is 7.11 Å². The Morgan fingerprint density at radius 2 is 2.04 bits per heavy atom. The highest BCUT2D eigenvalue weighted by molar-refractivity contribution is 5.93. The van der Waals surface area contributed by atoms with Crippen LogP contribution in [0.25, 0.3) is 6.08 Å². The topological polar surface area (TPSA) is 38.8 Å². The standard InChI is InChI=1S/C17H21F2NO3/c1-11(2)20(13-8-9-13)15(21)10-7-12-5-4-6-14(22-3)16(12)23-17(18)19/h4-7,10-11,13,17H,8-9H2,1-3H3/b10-7+. The molecule has 1 aliphatic carbocycles. The number of hydrogen-bond donors (Lipinski definition) is 0. The Morgan fingerprint density at radius 1 is 1.35 bits per heavy atom. The van der Waals surface area contributed by atoms with Gasteiger partial charge < -0.3 is 14.4 Å². The Labute approximate surface area is 134 Å². The summed E-state index contributed by atoms with van der Waals surface area (Å²) in [6, 6.07) is 5.17. The summed E-state index contributed by atoms with van der Waals surface area (Å²) in [5.41, 5.74) is 0.373. The molecule has 1 aromatic rings. The van der Waals surface area contributed by atoms with Crippen LogP contribution in [0.1, 0.15) is 32.3 Å². The zero-order chi connectivity index (χ0) is 17.0. The summed E-state index contributed by atoms with van der Waals surface area (Å²) in [4.78, 5) is 14.2. The number of halogens is 2. The molecular formula is C17H21F2NO3. The number of methoxy groups -OCH3 is 1. The van der Waals surface area contributed by atoms with Gasteiger partial charge in [0.2, 0.25) is 5.91 Å². The van der Waals surface area contributed by atoms with Gasteiger partial charge in [0.15, 0.2) is 11.5 Å². The predicted octanol–water partition coefficient (Wildman–Crippen LogP) is 3.71. The first-order chi connectivity index (χ1) is 10.9. The minimum absolute atomic E-state index is 0.0726. The van der Waals surface area contributed by atoms with Crippen LogP contribution in [-0.4, -0.2) is 36.6 Å². The molecule has 23 heavy (non-hydrogen) atoms. The Hall–Kier alpha value is -2.11.